The molecule has 0 radical (unpaired) electrons. The highest BCUT2D eigenvalue weighted by Gasteiger charge is 2.40. The second-order valence-corrected chi connectivity index (χ2v) is 18.4. The van der Waals surface area contributed by atoms with E-state index in [1.165, 1.54) is 11.1 Å². The normalized spacial score (nSPS) is 12.8. The molecule has 0 aliphatic heterocycles. The predicted molar refractivity (Wildman–Crippen MR) is 184 cm³/mol. The van der Waals surface area contributed by atoms with Gasteiger partial charge in [0, 0.05) is 12.0 Å². The molecule has 0 spiro atoms. The van der Waals surface area contributed by atoms with E-state index in [4.69, 9.17) is 14.1 Å². The lowest BCUT2D eigenvalue weighted by Gasteiger charge is -2.38. The SMILES string of the molecule is CCCCc1nc(C)n(-c2ncc(OC(C)CC)cn2)c(=O)c1Cc1cc(CCC)c(O[Si](C)(C)C(C)(C)C)c(CCC)c1. The molecule has 0 bridgehead atoms. The van der Waals surface area contributed by atoms with E-state index in [2.05, 4.69) is 83.7 Å². The molecule has 0 saturated heterocycles. The number of hydrogen-bond donors (Lipinski definition) is 0. The Bertz CT molecular complexity index is 1410. The van der Waals surface area contributed by atoms with E-state index in [1.807, 2.05) is 13.8 Å². The zero-order valence-electron chi connectivity index (χ0n) is 29.3. The average Bonchev–Trinajstić information content (AvgIpc) is 2.95. The Hall–Kier alpha value is -3.00. The van der Waals surface area contributed by atoms with Gasteiger partial charge in [-0.1, -0.05) is 79.9 Å². The standard InChI is InChI=1S/C36H56N4O3Si/c1-12-16-19-32-31(34(41)40(26(6)39-32)35-37-23-30(24-38-35)42-25(5)15-4)22-27-20-28(17-13-2)33(29(21-27)18-14-3)43-44(10,11)36(7,8)9/h20-21,23-25H,12-19,22H2,1-11H3. The van der Waals surface area contributed by atoms with Gasteiger partial charge < -0.3 is 9.16 Å². The summed E-state index contributed by atoms with van der Waals surface area (Å²) in [6.45, 7) is 24.0. The first-order valence-corrected chi connectivity index (χ1v) is 19.6. The molecular formula is C36H56N4O3Si. The van der Waals surface area contributed by atoms with Gasteiger partial charge in [0.15, 0.2) is 5.75 Å². The van der Waals surface area contributed by atoms with Gasteiger partial charge in [-0.2, -0.15) is 0 Å². The van der Waals surface area contributed by atoms with Crippen LogP contribution in [-0.4, -0.2) is 33.9 Å². The molecule has 1 unspecified atom stereocenters. The third-order valence-electron chi connectivity index (χ3n) is 8.81. The maximum Gasteiger partial charge on any atom is 0.264 e. The van der Waals surface area contributed by atoms with Crippen LogP contribution >= 0.6 is 0 Å². The van der Waals surface area contributed by atoms with Crippen LogP contribution in [0.3, 0.4) is 0 Å². The van der Waals surface area contributed by atoms with Crippen molar-refractivity contribution in [1.82, 2.24) is 19.5 Å². The van der Waals surface area contributed by atoms with Gasteiger partial charge in [-0.05, 0) is 80.8 Å². The van der Waals surface area contributed by atoms with Gasteiger partial charge in [-0.25, -0.2) is 19.5 Å². The smallest absolute Gasteiger partial charge is 0.264 e. The molecule has 7 nitrogen and oxygen atoms in total. The third kappa shape index (κ3) is 8.58. The first kappa shape index (κ1) is 35.5. The quantitative estimate of drug-likeness (QED) is 0.158. The minimum Gasteiger partial charge on any atom is -0.543 e. The number of nitrogens with zero attached hydrogens (tertiary/aromatic N) is 4. The van der Waals surface area contributed by atoms with Crippen molar-refractivity contribution in [3.05, 3.63) is 68.7 Å². The Morgan fingerprint density at radius 2 is 1.52 bits per heavy atom. The van der Waals surface area contributed by atoms with Crippen LogP contribution in [0.4, 0.5) is 0 Å². The summed E-state index contributed by atoms with van der Waals surface area (Å²) in [4.78, 5) is 28.3. The van der Waals surface area contributed by atoms with Gasteiger partial charge in [0.25, 0.3) is 13.9 Å². The van der Waals surface area contributed by atoms with Crippen molar-refractivity contribution in [3.63, 3.8) is 0 Å². The van der Waals surface area contributed by atoms with Gasteiger partial charge in [0.05, 0.1) is 24.2 Å². The molecule has 2 aromatic heterocycles. The molecule has 0 aliphatic carbocycles. The van der Waals surface area contributed by atoms with E-state index >= 15 is 0 Å². The molecule has 0 saturated carbocycles. The fourth-order valence-electron chi connectivity index (χ4n) is 5.07. The van der Waals surface area contributed by atoms with E-state index in [-0.39, 0.29) is 16.7 Å². The Morgan fingerprint density at radius 3 is 2.02 bits per heavy atom. The number of unbranched alkanes of at least 4 members (excludes halogenated alkanes) is 1. The zero-order valence-corrected chi connectivity index (χ0v) is 30.3. The number of ether oxygens (including phenoxy) is 1. The van der Waals surface area contributed by atoms with Crippen molar-refractivity contribution in [1.29, 1.82) is 0 Å². The summed E-state index contributed by atoms with van der Waals surface area (Å²) in [5.41, 5.74) is 5.11. The van der Waals surface area contributed by atoms with E-state index < -0.39 is 8.32 Å². The number of rotatable bonds is 15. The topological polar surface area (TPSA) is 79.1 Å². The number of hydrogen-bond acceptors (Lipinski definition) is 6. The Balaban J connectivity index is 2.15. The van der Waals surface area contributed by atoms with Gasteiger partial charge in [0.1, 0.15) is 11.6 Å². The lowest BCUT2D eigenvalue weighted by atomic mass is 9.94. The summed E-state index contributed by atoms with van der Waals surface area (Å²) in [6.07, 6.45) is 11.4. The largest absolute Gasteiger partial charge is 0.543 e. The highest BCUT2D eigenvalue weighted by molar-refractivity contribution is 6.74. The second kappa shape index (κ2) is 15.3. The van der Waals surface area contributed by atoms with Crippen molar-refractivity contribution < 1.29 is 9.16 Å². The molecule has 0 aliphatic rings. The van der Waals surface area contributed by atoms with Crippen LogP contribution in [0.5, 0.6) is 11.5 Å². The minimum absolute atomic E-state index is 0.0638. The fraction of sp³-hybridized carbons (Fsp3) is 0.611. The van der Waals surface area contributed by atoms with Crippen molar-refractivity contribution in [2.24, 2.45) is 0 Å². The van der Waals surface area contributed by atoms with Gasteiger partial charge >= 0.3 is 0 Å². The molecule has 1 aromatic carbocycles. The summed E-state index contributed by atoms with van der Waals surface area (Å²) < 4.78 is 14.4. The van der Waals surface area contributed by atoms with Crippen LogP contribution in [0.15, 0.2) is 29.3 Å². The average molecular weight is 621 g/mol. The molecule has 8 heteroatoms. The lowest BCUT2D eigenvalue weighted by Crippen LogP contribution is -2.44. The second-order valence-electron chi connectivity index (χ2n) is 13.7. The molecule has 0 N–H and O–H groups in total. The zero-order chi connectivity index (χ0) is 32.7. The van der Waals surface area contributed by atoms with Gasteiger partial charge in [0.2, 0.25) is 5.95 Å². The van der Waals surface area contributed by atoms with Gasteiger partial charge in [-0.3, -0.25) is 4.79 Å². The van der Waals surface area contributed by atoms with Crippen LogP contribution < -0.4 is 14.7 Å². The molecule has 44 heavy (non-hydrogen) atoms. The third-order valence-corrected chi connectivity index (χ3v) is 13.1. The minimum atomic E-state index is -2.04. The molecule has 0 fully saturated rings. The van der Waals surface area contributed by atoms with Crippen LogP contribution in [0, 0.1) is 6.92 Å². The van der Waals surface area contributed by atoms with Crippen molar-refractivity contribution >= 4 is 8.32 Å². The summed E-state index contributed by atoms with van der Waals surface area (Å²) in [6, 6.07) is 4.55. The van der Waals surface area contributed by atoms with Crippen molar-refractivity contribution in [2.45, 2.75) is 144 Å². The summed E-state index contributed by atoms with van der Waals surface area (Å²) in [7, 11) is -2.04. The molecule has 2 heterocycles. The van der Waals surface area contributed by atoms with Crippen molar-refractivity contribution in [2.75, 3.05) is 0 Å². The summed E-state index contributed by atoms with van der Waals surface area (Å²) in [5.74, 6) is 2.57. The molecule has 3 aromatic rings. The fourth-order valence-corrected chi connectivity index (χ4v) is 6.14. The van der Waals surface area contributed by atoms with E-state index in [0.717, 1.165) is 73.9 Å². The highest BCUT2D eigenvalue weighted by atomic mass is 28.4. The molecule has 242 valence electrons. The van der Waals surface area contributed by atoms with E-state index in [1.54, 1.807) is 17.0 Å². The monoisotopic (exact) mass is 620 g/mol. The Morgan fingerprint density at radius 1 is 0.932 bits per heavy atom. The number of aryl methyl sites for hydroxylation is 4. The lowest BCUT2D eigenvalue weighted by molar-refractivity contribution is 0.215. The molecule has 0 amide bonds. The number of aromatic nitrogens is 4. The van der Waals surface area contributed by atoms with Crippen LogP contribution in [0.1, 0.15) is 121 Å². The van der Waals surface area contributed by atoms with Crippen LogP contribution in [0.2, 0.25) is 18.1 Å². The van der Waals surface area contributed by atoms with Crippen molar-refractivity contribution in [3.8, 4) is 17.4 Å². The first-order chi connectivity index (χ1) is 20.8. The van der Waals surface area contributed by atoms with Gasteiger partial charge in [-0.15, -0.1) is 0 Å². The Labute approximate surface area is 267 Å². The van der Waals surface area contributed by atoms with E-state index in [9.17, 15) is 4.79 Å². The van der Waals surface area contributed by atoms with Crippen LogP contribution in [0.25, 0.3) is 5.95 Å². The highest BCUT2D eigenvalue weighted by Crippen LogP contribution is 2.40. The van der Waals surface area contributed by atoms with Crippen LogP contribution in [-0.2, 0) is 25.7 Å². The van der Waals surface area contributed by atoms with E-state index in [0.29, 0.717) is 23.9 Å². The Kier molecular flexibility index (Phi) is 12.4. The maximum atomic E-state index is 14.3. The maximum absolute atomic E-state index is 14.3. The summed E-state index contributed by atoms with van der Waals surface area (Å²) in [5, 5.41) is 0.103. The molecule has 3 rings (SSSR count). The summed E-state index contributed by atoms with van der Waals surface area (Å²) >= 11 is 0. The number of benzene rings is 1. The predicted octanol–water partition coefficient (Wildman–Crippen LogP) is 8.73. The first-order valence-electron chi connectivity index (χ1n) is 16.7. The molecular weight excluding hydrogens is 565 g/mol. The molecule has 1 atom stereocenters.